The standard InChI is InChI=1S/C15H20ClNO2S/c1-15(2,17-6-8-19-9-7-17)14(18)11-4-5-13(20-3)12(16)10-11/h4-5,10H,6-9H2,1-3H3. The van der Waals surface area contributed by atoms with Crippen LogP contribution in [0.5, 0.6) is 0 Å². The van der Waals surface area contributed by atoms with Crippen molar-refractivity contribution >= 4 is 29.1 Å². The van der Waals surface area contributed by atoms with Crippen molar-refractivity contribution in [2.24, 2.45) is 0 Å². The summed E-state index contributed by atoms with van der Waals surface area (Å²) in [7, 11) is 0. The number of benzene rings is 1. The molecule has 110 valence electrons. The van der Waals surface area contributed by atoms with Crippen LogP contribution in [-0.4, -0.2) is 48.8 Å². The van der Waals surface area contributed by atoms with Crippen molar-refractivity contribution in [3.8, 4) is 0 Å². The summed E-state index contributed by atoms with van der Waals surface area (Å²) >= 11 is 7.78. The molecule has 0 amide bonds. The zero-order valence-corrected chi connectivity index (χ0v) is 13.7. The molecule has 3 nitrogen and oxygen atoms in total. The molecule has 2 rings (SSSR count). The topological polar surface area (TPSA) is 29.5 Å². The molecule has 1 aliphatic rings. The minimum Gasteiger partial charge on any atom is -0.379 e. The molecule has 1 aliphatic heterocycles. The van der Waals surface area contributed by atoms with Crippen LogP contribution in [0.3, 0.4) is 0 Å². The molecule has 0 radical (unpaired) electrons. The predicted molar refractivity (Wildman–Crippen MR) is 84.0 cm³/mol. The third-order valence-electron chi connectivity index (χ3n) is 3.77. The Morgan fingerprint density at radius 2 is 2.00 bits per heavy atom. The highest BCUT2D eigenvalue weighted by molar-refractivity contribution is 7.98. The Hall–Kier alpha value is -0.550. The van der Waals surface area contributed by atoms with Gasteiger partial charge in [-0.2, -0.15) is 0 Å². The maximum absolute atomic E-state index is 12.8. The number of hydrogen-bond acceptors (Lipinski definition) is 4. The Bertz CT molecular complexity index is 499. The van der Waals surface area contributed by atoms with E-state index in [1.165, 1.54) is 0 Å². The average molecular weight is 314 g/mol. The monoisotopic (exact) mass is 313 g/mol. The maximum atomic E-state index is 12.8. The first kappa shape index (κ1) is 15.8. The van der Waals surface area contributed by atoms with E-state index in [-0.39, 0.29) is 5.78 Å². The quantitative estimate of drug-likeness (QED) is 0.630. The molecular formula is C15H20ClNO2S. The van der Waals surface area contributed by atoms with Crippen molar-refractivity contribution in [1.82, 2.24) is 4.90 Å². The number of nitrogens with zero attached hydrogens (tertiary/aromatic N) is 1. The summed E-state index contributed by atoms with van der Waals surface area (Å²) in [5.74, 6) is 0.106. The Balaban J connectivity index is 2.22. The van der Waals surface area contributed by atoms with Crippen LogP contribution in [-0.2, 0) is 4.74 Å². The van der Waals surface area contributed by atoms with Gasteiger partial charge in [-0.05, 0) is 32.2 Å². The Kier molecular flexibility index (Phi) is 5.13. The molecule has 0 aromatic heterocycles. The van der Waals surface area contributed by atoms with E-state index < -0.39 is 5.54 Å². The highest BCUT2D eigenvalue weighted by Gasteiger charge is 2.36. The van der Waals surface area contributed by atoms with Crippen molar-refractivity contribution in [2.45, 2.75) is 24.3 Å². The van der Waals surface area contributed by atoms with Crippen molar-refractivity contribution in [1.29, 1.82) is 0 Å². The Morgan fingerprint density at radius 3 is 2.55 bits per heavy atom. The average Bonchev–Trinajstić information content (AvgIpc) is 2.47. The van der Waals surface area contributed by atoms with Crippen molar-refractivity contribution in [3.63, 3.8) is 0 Å². The van der Waals surface area contributed by atoms with Crippen molar-refractivity contribution in [3.05, 3.63) is 28.8 Å². The van der Waals surface area contributed by atoms with Gasteiger partial charge in [0.05, 0.1) is 23.8 Å². The molecule has 20 heavy (non-hydrogen) atoms. The van der Waals surface area contributed by atoms with E-state index in [9.17, 15) is 4.79 Å². The van der Waals surface area contributed by atoms with E-state index in [0.29, 0.717) is 23.8 Å². The normalized spacial score (nSPS) is 17.2. The molecule has 1 heterocycles. The molecule has 0 N–H and O–H groups in total. The van der Waals surface area contributed by atoms with Gasteiger partial charge < -0.3 is 4.74 Å². The second kappa shape index (κ2) is 6.48. The number of halogens is 1. The largest absolute Gasteiger partial charge is 0.379 e. The van der Waals surface area contributed by atoms with Crippen LogP contribution in [0.4, 0.5) is 0 Å². The summed E-state index contributed by atoms with van der Waals surface area (Å²) in [5, 5.41) is 0.640. The molecule has 0 bridgehead atoms. The molecule has 0 saturated carbocycles. The molecule has 0 aliphatic carbocycles. The van der Waals surface area contributed by atoms with Gasteiger partial charge in [0.15, 0.2) is 5.78 Å². The lowest BCUT2D eigenvalue weighted by molar-refractivity contribution is -0.00430. The second-order valence-electron chi connectivity index (χ2n) is 5.34. The lowest BCUT2D eigenvalue weighted by Gasteiger charge is -2.39. The second-order valence-corrected chi connectivity index (χ2v) is 6.59. The fourth-order valence-electron chi connectivity index (χ4n) is 2.43. The Labute approximate surface area is 129 Å². The minimum atomic E-state index is -0.534. The molecule has 0 atom stereocenters. The SMILES string of the molecule is CSc1ccc(C(=O)C(C)(C)N2CCOCC2)cc1Cl. The number of rotatable bonds is 4. The zero-order valence-electron chi connectivity index (χ0n) is 12.1. The first-order valence-electron chi connectivity index (χ1n) is 6.68. The number of Topliss-reactive ketones (excluding diaryl/α,β-unsaturated/α-hetero) is 1. The van der Waals surface area contributed by atoms with Crippen LogP contribution in [0.15, 0.2) is 23.1 Å². The minimum absolute atomic E-state index is 0.106. The molecule has 1 aromatic carbocycles. The predicted octanol–water partition coefficient (Wildman–Crippen LogP) is 3.36. The highest BCUT2D eigenvalue weighted by atomic mass is 35.5. The van der Waals surface area contributed by atoms with E-state index in [4.69, 9.17) is 16.3 Å². The fraction of sp³-hybridized carbons (Fsp3) is 0.533. The van der Waals surface area contributed by atoms with E-state index in [1.807, 2.05) is 32.2 Å². The molecule has 1 fully saturated rings. The van der Waals surface area contributed by atoms with E-state index in [0.717, 1.165) is 18.0 Å². The summed E-state index contributed by atoms with van der Waals surface area (Å²) in [5.41, 5.74) is 0.137. The van der Waals surface area contributed by atoms with Gasteiger partial charge in [-0.15, -0.1) is 11.8 Å². The number of thioether (sulfide) groups is 1. The number of hydrogen-bond donors (Lipinski definition) is 0. The van der Waals surface area contributed by atoms with Gasteiger partial charge in [-0.1, -0.05) is 17.7 Å². The lowest BCUT2D eigenvalue weighted by atomic mass is 9.91. The molecule has 1 aromatic rings. The zero-order chi connectivity index (χ0) is 14.8. The molecule has 5 heteroatoms. The first-order chi connectivity index (χ1) is 9.46. The summed E-state index contributed by atoms with van der Waals surface area (Å²) in [6.07, 6.45) is 1.97. The maximum Gasteiger partial charge on any atom is 0.182 e. The van der Waals surface area contributed by atoms with Gasteiger partial charge in [-0.25, -0.2) is 0 Å². The van der Waals surface area contributed by atoms with Crippen molar-refractivity contribution < 1.29 is 9.53 Å². The number of carbonyl (C=O) groups is 1. The van der Waals surface area contributed by atoms with Crippen LogP contribution >= 0.6 is 23.4 Å². The molecule has 0 unspecified atom stereocenters. The van der Waals surface area contributed by atoms with Crippen LogP contribution in [0, 0.1) is 0 Å². The van der Waals surface area contributed by atoms with Gasteiger partial charge in [0.1, 0.15) is 0 Å². The third kappa shape index (κ3) is 3.19. The van der Waals surface area contributed by atoms with E-state index in [1.54, 1.807) is 17.8 Å². The van der Waals surface area contributed by atoms with Gasteiger partial charge in [-0.3, -0.25) is 9.69 Å². The summed E-state index contributed by atoms with van der Waals surface area (Å²) in [4.78, 5) is 15.9. The van der Waals surface area contributed by atoms with Gasteiger partial charge in [0.25, 0.3) is 0 Å². The third-order valence-corrected chi connectivity index (χ3v) is 4.99. The number of carbonyl (C=O) groups excluding carboxylic acids is 1. The Morgan fingerprint density at radius 1 is 1.35 bits per heavy atom. The van der Waals surface area contributed by atoms with Crippen LogP contribution < -0.4 is 0 Å². The van der Waals surface area contributed by atoms with Crippen molar-refractivity contribution in [2.75, 3.05) is 32.6 Å². The summed E-state index contributed by atoms with van der Waals surface area (Å²) in [6, 6.07) is 5.55. The first-order valence-corrected chi connectivity index (χ1v) is 8.28. The van der Waals surface area contributed by atoms with Crippen LogP contribution in [0.1, 0.15) is 24.2 Å². The molecular weight excluding hydrogens is 294 g/mol. The van der Waals surface area contributed by atoms with E-state index in [2.05, 4.69) is 4.90 Å². The number of ketones is 1. The molecule has 1 saturated heterocycles. The van der Waals surface area contributed by atoms with Crippen LogP contribution in [0.25, 0.3) is 0 Å². The molecule has 0 spiro atoms. The van der Waals surface area contributed by atoms with Crippen LogP contribution in [0.2, 0.25) is 5.02 Å². The number of morpholine rings is 1. The lowest BCUT2D eigenvalue weighted by Crippen LogP contribution is -2.54. The van der Waals surface area contributed by atoms with Gasteiger partial charge in [0, 0.05) is 23.5 Å². The summed E-state index contributed by atoms with van der Waals surface area (Å²) < 4.78 is 5.35. The van der Waals surface area contributed by atoms with E-state index >= 15 is 0 Å². The smallest absolute Gasteiger partial charge is 0.182 e. The summed E-state index contributed by atoms with van der Waals surface area (Å²) in [6.45, 7) is 6.88. The number of ether oxygens (including phenoxy) is 1. The van der Waals surface area contributed by atoms with Gasteiger partial charge >= 0.3 is 0 Å². The highest BCUT2D eigenvalue weighted by Crippen LogP contribution is 2.29. The fourth-order valence-corrected chi connectivity index (χ4v) is 3.30. The van der Waals surface area contributed by atoms with Gasteiger partial charge in [0.2, 0.25) is 0 Å².